The zero-order chi connectivity index (χ0) is 17.9. The maximum absolute atomic E-state index is 11.2. The summed E-state index contributed by atoms with van der Waals surface area (Å²) >= 11 is 7.56. The Labute approximate surface area is 156 Å². The molecule has 0 spiro atoms. The van der Waals surface area contributed by atoms with Gasteiger partial charge in [0.05, 0.1) is 19.4 Å². The minimum Gasteiger partial charge on any atom is -0.492 e. The van der Waals surface area contributed by atoms with Gasteiger partial charge in [-0.05, 0) is 43.3 Å². The lowest BCUT2D eigenvalue weighted by atomic mass is 10.2. The van der Waals surface area contributed by atoms with Crippen LogP contribution in [0.3, 0.4) is 0 Å². The first-order chi connectivity index (χ1) is 12.2. The summed E-state index contributed by atoms with van der Waals surface area (Å²) in [5.74, 6) is 1.50. The summed E-state index contributed by atoms with van der Waals surface area (Å²) in [5, 5.41) is 4.58. The van der Waals surface area contributed by atoms with E-state index in [2.05, 4.69) is 10.5 Å². The van der Waals surface area contributed by atoms with Crippen molar-refractivity contribution in [3.63, 3.8) is 0 Å². The highest BCUT2D eigenvalue weighted by Crippen LogP contribution is 2.21. The highest BCUT2D eigenvalue weighted by Gasteiger charge is 2.02. The number of amides is 1. The molecule has 1 amide bonds. The lowest BCUT2D eigenvalue weighted by Crippen LogP contribution is -2.18. The van der Waals surface area contributed by atoms with Crippen LogP contribution >= 0.6 is 23.4 Å². The SMILES string of the molecule is CCOC(=O)N/N=C\c1ccccc1OCCSc1ccc(Cl)cc1. The monoisotopic (exact) mass is 378 g/mol. The average molecular weight is 379 g/mol. The number of hydrogen-bond donors (Lipinski definition) is 1. The Bertz CT molecular complexity index is 708. The second-order valence-corrected chi connectivity index (χ2v) is 6.38. The summed E-state index contributed by atoms with van der Waals surface area (Å²) < 4.78 is 10.5. The molecule has 0 aliphatic carbocycles. The molecule has 0 saturated heterocycles. The van der Waals surface area contributed by atoms with E-state index in [0.29, 0.717) is 19.0 Å². The molecule has 0 bridgehead atoms. The van der Waals surface area contributed by atoms with Gasteiger partial charge in [-0.25, -0.2) is 10.2 Å². The second-order valence-electron chi connectivity index (χ2n) is 4.78. The Morgan fingerprint density at radius 2 is 2.00 bits per heavy atom. The number of halogens is 1. The third-order valence-electron chi connectivity index (χ3n) is 2.98. The molecule has 2 rings (SSSR count). The van der Waals surface area contributed by atoms with Crippen LogP contribution in [0.1, 0.15) is 12.5 Å². The number of hydrogen-bond acceptors (Lipinski definition) is 5. The van der Waals surface area contributed by atoms with Crippen LogP contribution in [0.25, 0.3) is 0 Å². The number of para-hydroxylation sites is 1. The summed E-state index contributed by atoms with van der Waals surface area (Å²) in [6.07, 6.45) is 0.940. The van der Waals surface area contributed by atoms with Crippen molar-refractivity contribution in [2.24, 2.45) is 5.10 Å². The molecule has 5 nitrogen and oxygen atoms in total. The fraction of sp³-hybridized carbons (Fsp3) is 0.222. The molecule has 0 heterocycles. The predicted octanol–water partition coefficient (Wildman–Crippen LogP) is 4.59. The first-order valence-electron chi connectivity index (χ1n) is 7.75. The summed E-state index contributed by atoms with van der Waals surface area (Å²) in [4.78, 5) is 12.3. The van der Waals surface area contributed by atoms with E-state index in [0.717, 1.165) is 21.2 Å². The van der Waals surface area contributed by atoms with Gasteiger partial charge in [-0.2, -0.15) is 5.10 Å². The highest BCUT2D eigenvalue weighted by molar-refractivity contribution is 7.99. The van der Waals surface area contributed by atoms with Gasteiger partial charge in [0, 0.05) is 21.2 Å². The Morgan fingerprint density at radius 1 is 1.24 bits per heavy atom. The van der Waals surface area contributed by atoms with Crippen LogP contribution < -0.4 is 10.2 Å². The second kappa shape index (κ2) is 10.6. The number of nitrogens with one attached hydrogen (secondary N) is 1. The van der Waals surface area contributed by atoms with Gasteiger partial charge in [0.1, 0.15) is 5.75 Å². The number of hydrazone groups is 1. The molecule has 7 heteroatoms. The van der Waals surface area contributed by atoms with Crippen molar-refractivity contribution in [1.82, 2.24) is 5.43 Å². The van der Waals surface area contributed by atoms with Gasteiger partial charge in [-0.3, -0.25) is 0 Å². The molecule has 0 fully saturated rings. The Kier molecular flexibility index (Phi) is 8.15. The van der Waals surface area contributed by atoms with Gasteiger partial charge in [-0.1, -0.05) is 23.7 Å². The fourth-order valence-electron chi connectivity index (χ4n) is 1.88. The molecular weight excluding hydrogens is 360 g/mol. The third kappa shape index (κ3) is 7.07. The molecular formula is C18H19ClN2O3S. The van der Waals surface area contributed by atoms with Crippen molar-refractivity contribution in [1.29, 1.82) is 0 Å². The molecule has 0 aliphatic rings. The van der Waals surface area contributed by atoms with E-state index in [4.69, 9.17) is 21.1 Å². The molecule has 0 unspecified atom stereocenters. The summed E-state index contributed by atoms with van der Waals surface area (Å²) in [6, 6.07) is 15.2. The minimum absolute atomic E-state index is 0.298. The van der Waals surface area contributed by atoms with Gasteiger partial charge in [-0.15, -0.1) is 11.8 Å². The van der Waals surface area contributed by atoms with E-state index in [9.17, 15) is 4.79 Å². The van der Waals surface area contributed by atoms with Crippen molar-refractivity contribution in [2.45, 2.75) is 11.8 Å². The van der Waals surface area contributed by atoms with E-state index in [1.807, 2.05) is 48.5 Å². The van der Waals surface area contributed by atoms with Gasteiger partial charge < -0.3 is 9.47 Å². The van der Waals surface area contributed by atoms with Crippen LogP contribution in [0, 0.1) is 0 Å². The van der Waals surface area contributed by atoms with E-state index >= 15 is 0 Å². The summed E-state index contributed by atoms with van der Waals surface area (Å²) in [6.45, 7) is 2.57. The number of nitrogens with zero attached hydrogens (tertiary/aromatic N) is 1. The van der Waals surface area contributed by atoms with Crippen molar-refractivity contribution >= 4 is 35.7 Å². The Morgan fingerprint density at radius 3 is 2.76 bits per heavy atom. The van der Waals surface area contributed by atoms with Gasteiger partial charge in [0.15, 0.2) is 0 Å². The number of benzene rings is 2. The smallest absolute Gasteiger partial charge is 0.427 e. The van der Waals surface area contributed by atoms with Crippen LogP contribution in [-0.2, 0) is 4.74 Å². The van der Waals surface area contributed by atoms with Crippen LogP contribution in [0.5, 0.6) is 5.75 Å². The number of rotatable bonds is 8. The molecule has 132 valence electrons. The van der Waals surface area contributed by atoms with E-state index in [1.165, 1.54) is 6.21 Å². The first-order valence-corrected chi connectivity index (χ1v) is 9.11. The topological polar surface area (TPSA) is 59.9 Å². The fourth-order valence-corrected chi connectivity index (χ4v) is 2.74. The molecule has 2 aromatic rings. The standard InChI is InChI=1S/C18H19ClN2O3S/c1-2-23-18(22)21-20-13-14-5-3-4-6-17(14)24-11-12-25-16-9-7-15(19)8-10-16/h3-10,13H,2,11-12H2,1H3,(H,21,22)/b20-13-. The summed E-state index contributed by atoms with van der Waals surface area (Å²) in [5.41, 5.74) is 3.06. The van der Waals surface area contributed by atoms with Crippen LogP contribution in [0.15, 0.2) is 58.5 Å². The van der Waals surface area contributed by atoms with Gasteiger partial charge in [0.25, 0.3) is 0 Å². The maximum atomic E-state index is 11.2. The molecule has 2 aromatic carbocycles. The number of ether oxygens (including phenoxy) is 2. The lowest BCUT2D eigenvalue weighted by Gasteiger charge is -2.09. The largest absolute Gasteiger partial charge is 0.492 e. The predicted molar refractivity (Wildman–Crippen MR) is 102 cm³/mol. The number of thioether (sulfide) groups is 1. The quantitative estimate of drug-likeness (QED) is 0.316. The van der Waals surface area contributed by atoms with E-state index in [-0.39, 0.29) is 0 Å². The minimum atomic E-state index is -0.587. The highest BCUT2D eigenvalue weighted by atomic mass is 35.5. The van der Waals surface area contributed by atoms with Crippen molar-refractivity contribution in [3.8, 4) is 5.75 Å². The Balaban J connectivity index is 1.82. The Hall–Kier alpha value is -2.18. The third-order valence-corrected chi connectivity index (χ3v) is 4.21. The molecule has 0 aliphatic heterocycles. The maximum Gasteiger partial charge on any atom is 0.427 e. The van der Waals surface area contributed by atoms with Crippen molar-refractivity contribution in [2.75, 3.05) is 19.0 Å². The normalized spacial score (nSPS) is 10.6. The molecule has 0 saturated carbocycles. The van der Waals surface area contributed by atoms with Crippen molar-refractivity contribution in [3.05, 3.63) is 59.1 Å². The lowest BCUT2D eigenvalue weighted by molar-refractivity contribution is 0.152. The summed E-state index contributed by atoms with van der Waals surface area (Å²) in [7, 11) is 0. The van der Waals surface area contributed by atoms with E-state index < -0.39 is 6.09 Å². The molecule has 0 aromatic heterocycles. The van der Waals surface area contributed by atoms with Crippen LogP contribution in [-0.4, -0.2) is 31.3 Å². The zero-order valence-corrected chi connectivity index (χ0v) is 15.3. The number of carbonyl (C=O) groups is 1. The molecule has 25 heavy (non-hydrogen) atoms. The van der Waals surface area contributed by atoms with E-state index in [1.54, 1.807) is 18.7 Å². The molecule has 0 atom stereocenters. The first kappa shape index (κ1) is 19.1. The average Bonchev–Trinajstić information content (AvgIpc) is 2.61. The van der Waals surface area contributed by atoms with Gasteiger partial charge >= 0.3 is 6.09 Å². The zero-order valence-electron chi connectivity index (χ0n) is 13.8. The van der Waals surface area contributed by atoms with Crippen LogP contribution in [0.2, 0.25) is 5.02 Å². The number of carbonyl (C=O) groups excluding carboxylic acids is 1. The molecule has 0 radical (unpaired) electrons. The van der Waals surface area contributed by atoms with Crippen molar-refractivity contribution < 1.29 is 14.3 Å². The molecule has 1 N–H and O–H groups in total. The van der Waals surface area contributed by atoms with Crippen LogP contribution in [0.4, 0.5) is 4.79 Å². The van der Waals surface area contributed by atoms with Gasteiger partial charge in [0.2, 0.25) is 0 Å².